The lowest BCUT2D eigenvalue weighted by Gasteiger charge is -2.09. The molecule has 0 fully saturated rings. The summed E-state index contributed by atoms with van der Waals surface area (Å²) < 4.78 is 22.1. The van der Waals surface area contributed by atoms with Gasteiger partial charge in [-0.1, -0.05) is 24.3 Å². The van der Waals surface area contributed by atoms with E-state index in [0.717, 1.165) is 56.7 Å². The van der Waals surface area contributed by atoms with Crippen molar-refractivity contribution in [2.75, 3.05) is 13.2 Å². The minimum absolute atomic E-state index is 0.318. The highest BCUT2D eigenvalue weighted by Gasteiger charge is 2.23. The zero-order valence-electron chi connectivity index (χ0n) is 16.5. The normalized spacial score (nSPS) is 14.5. The summed E-state index contributed by atoms with van der Waals surface area (Å²) in [5.41, 5.74) is 5.29. The van der Waals surface area contributed by atoms with Crippen molar-refractivity contribution in [3.05, 3.63) is 77.1 Å². The lowest BCUT2D eigenvalue weighted by atomic mass is 10.0. The van der Waals surface area contributed by atoms with Crippen LogP contribution in [0.2, 0.25) is 0 Å². The molecule has 4 aromatic rings. The molecule has 2 aromatic heterocycles. The molecule has 0 atom stereocenters. The second-order valence-electron chi connectivity index (χ2n) is 7.33. The molecule has 7 heteroatoms. The van der Waals surface area contributed by atoms with E-state index >= 15 is 0 Å². The van der Waals surface area contributed by atoms with Crippen LogP contribution >= 0.6 is 11.3 Å². The Balaban J connectivity index is 1.44. The SMILES string of the molecule is Fc1ccccc1-n1nccc1-c1nc2c(s1)CCOc1cc(C3=CCN=C3)ccc1-2. The number of ether oxygens (including phenoxy) is 1. The molecule has 0 amide bonds. The number of rotatable bonds is 3. The Bertz CT molecular complexity index is 1370. The largest absolute Gasteiger partial charge is 0.492 e. The van der Waals surface area contributed by atoms with Gasteiger partial charge in [0.1, 0.15) is 28.0 Å². The van der Waals surface area contributed by atoms with Crippen LogP contribution in [0.15, 0.2) is 65.8 Å². The smallest absolute Gasteiger partial charge is 0.148 e. The van der Waals surface area contributed by atoms with Crippen molar-refractivity contribution in [3.8, 4) is 33.4 Å². The van der Waals surface area contributed by atoms with E-state index in [4.69, 9.17) is 9.72 Å². The van der Waals surface area contributed by atoms with Gasteiger partial charge >= 0.3 is 0 Å². The lowest BCUT2D eigenvalue weighted by molar-refractivity contribution is 0.327. The zero-order chi connectivity index (χ0) is 20.8. The molecule has 0 aliphatic carbocycles. The van der Waals surface area contributed by atoms with E-state index in [1.54, 1.807) is 40.4 Å². The second kappa shape index (κ2) is 7.28. The molecule has 4 heterocycles. The maximum Gasteiger partial charge on any atom is 0.148 e. The van der Waals surface area contributed by atoms with E-state index in [1.165, 1.54) is 6.07 Å². The summed E-state index contributed by atoms with van der Waals surface area (Å²) in [7, 11) is 0. The van der Waals surface area contributed by atoms with Crippen LogP contribution in [0.3, 0.4) is 0 Å². The summed E-state index contributed by atoms with van der Waals surface area (Å²) in [6, 6.07) is 14.7. The highest BCUT2D eigenvalue weighted by Crippen LogP contribution is 2.41. The number of aliphatic imine (C=N–C) groups is 1. The van der Waals surface area contributed by atoms with Crippen LogP contribution in [-0.4, -0.2) is 34.1 Å². The highest BCUT2D eigenvalue weighted by atomic mass is 32.1. The first-order valence-electron chi connectivity index (χ1n) is 10.0. The summed E-state index contributed by atoms with van der Waals surface area (Å²) in [4.78, 5) is 10.4. The molecule has 2 aromatic carbocycles. The van der Waals surface area contributed by atoms with Crippen molar-refractivity contribution < 1.29 is 9.13 Å². The number of allylic oxidation sites excluding steroid dienone is 1. The van der Waals surface area contributed by atoms with Gasteiger partial charge in [-0.05, 0) is 41.5 Å². The van der Waals surface area contributed by atoms with Crippen molar-refractivity contribution in [1.29, 1.82) is 0 Å². The van der Waals surface area contributed by atoms with Crippen molar-refractivity contribution in [3.63, 3.8) is 0 Å². The second-order valence-corrected chi connectivity index (χ2v) is 8.42. The van der Waals surface area contributed by atoms with Crippen molar-refractivity contribution in [2.45, 2.75) is 6.42 Å². The number of nitrogens with zero attached hydrogens (tertiary/aromatic N) is 4. The van der Waals surface area contributed by atoms with Crippen LogP contribution in [-0.2, 0) is 6.42 Å². The van der Waals surface area contributed by atoms with Crippen molar-refractivity contribution in [1.82, 2.24) is 14.8 Å². The van der Waals surface area contributed by atoms with Gasteiger partial charge in [0.05, 0.1) is 25.0 Å². The van der Waals surface area contributed by atoms with Crippen molar-refractivity contribution >= 4 is 23.1 Å². The van der Waals surface area contributed by atoms with Crippen molar-refractivity contribution in [2.24, 2.45) is 4.99 Å². The topological polar surface area (TPSA) is 52.3 Å². The van der Waals surface area contributed by atoms with E-state index < -0.39 is 0 Å². The van der Waals surface area contributed by atoms with Gasteiger partial charge in [0.25, 0.3) is 0 Å². The number of fused-ring (bicyclic) bond motifs is 3. The molecule has 0 saturated carbocycles. The molecule has 2 aliphatic rings. The summed E-state index contributed by atoms with van der Waals surface area (Å²) in [6.07, 6.45) is 6.45. The molecule has 0 radical (unpaired) electrons. The van der Waals surface area contributed by atoms with Gasteiger partial charge in [-0.25, -0.2) is 14.1 Å². The molecule has 0 N–H and O–H groups in total. The van der Waals surface area contributed by atoms with Gasteiger partial charge in [-0.15, -0.1) is 11.3 Å². The maximum absolute atomic E-state index is 14.4. The molecule has 0 saturated heterocycles. The Morgan fingerprint density at radius 3 is 2.90 bits per heavy atom. The molecule has 0 spiro atoms. The summed E-state index contributed by atoms with van der Waals surface area (Å²) in [6.45, 7) is 1.31. The number of aromatic nitrogens is 3. The standard InChI is InChI=1S/C24H17FN4OS/c25-18-3-1-2-4-19(18)29-20(8-11-27-29)24-28-23-17-6-5-15(16-7-10-26-14-16)13-21(17)30-12-9-22(23)31-24/h1-8,11,13-14H,9-10,12H2. The average Bonchev–Trinajstić information content (AvgIpc) is 3.53. The predicted molar refractivity (Wildman–Crippen MR) is 121 cm³/mol. The van der Waals surface area contributed by atoms with Gasteiger partial charge in [0, 0.05) is 23.1 Å². The summed E-state index contributed by atoms with van der Waals surface area (Å²) >= 11 is 1.61. The molecule has 31 heavy (non-hydrogen) atoms. The molecule has 6 rings (SSSR count). The van der Waals surface area contributed by atoms with Crippen LogP contribution in [0.25, 0.3) is 33.2 Å². The first-order chi connectivity index (χ1) is 15.3. The van der Waals surface area contributed by atoms with E-state index in [1.807, 2.05) is 12.3 Å². The average molecular weight is 428 g/mol. The van der Waals surface area contributed by atoms with Gasteiger partial charge in [0.2, 0.25) is 0 Å². The molecule has 0 unspecified atom stereocenters. The van der Waals surface area contributed by atoms with Crippen LogP contribution in [0.5, 0.6) is 5.75 Å². The Hall–Kier alpha value is -3.58. The lowest BCUT2D eigenvalue weighted by Crippen LogP contribution is -2.01. The third kappa shape index (κ3) is 3.09. The fraction of sp³-hybridized carbons (Fsp3) is 0.125. The fourth-order valence-corrected chi connectivity index (χ4v) is 5.01. The number of para-hydroxylation sites is 1. The number of hydrogen-bond acceptors (Lipinski definition) is 5. The van der Waals surface area contributed by atoms with Gasteiger partial charge < -0.3 is 4.74 Å². The van der Waals surface area contributed by atoms with Crippen LogP contribution in [0.1, 0.15) is 10.4 Å². The van der Waals surface area contributed by atoms with Crippen LogP contribution in [0.4, 0.5) is 4.39 Å². The Labute approximate surface area is 182 Å². The van der Waals surface area contributed by atoms with Crippen LogP contribution in [0, 0.1) is 5.82 Å². The number of thiazole rings is 1. The molecule has 5 nitrogen and oxygen atoms in total. The first-order valence-corrected chi connectivity index (χ1v) is 10.9. The first kappa shape index (κ1) is 18.2. The van der Waals surface area contributed by atoms with Crippen LogP contribution < -0.4 is 4.74 Å². The molecule has 0 bridgehead atoms. The molecule has 152 valence electrons. The molecular weight excluding hydrogens is 411 g/mol. The van der Waals surface area contributed by atoms with E-state index in [9.17, 15) is 4.39 Å². The quantitative estimate of drug-likeness (QED) is 0.450. The third-order valence-electron chi connectivity index (χ3n) is 5.44. The Morgan fingerprint density at radius 2 is 2.03 bits per heavy atom. The van der Waals surface area contributed by atoms with E-state index in [-0.39, 0.29) is 5.82 Å². The third-order valence-corrected chi connectivity index (χ3v) is 6.58. The zero-order valence-corrected chi connectivity index (χ0v) is 17.3. The molecular formula is C24H17FN4OS. The predicted octanol–water partition coefficient (Wildman–Crippen LogP) is 5.20. The van der Waals surface area contributed by atoms with Gasteiger partial charge in [-0.2, -0.15) is 5.10 Å². The highest BCUT2D eigenvalue weighted by molar-refractivity contribution is 7.15. The molecule has 2 aliphatic heterocycles. The van der Waals surface area contributed by atoms with Gasteiger partial charge in [0.15, 0.2) is 0 Å². The summed E-state index contributed by atoms with van der Waals surface area (Å²) in [5, 5.41) is 5.16. The van der Waals surface area contributed by atoms with E-state index in [2.05, 4.69) is 34.4 Å². The number of halogens is 1. The summed E-state index contributed by atoms with van der Waals surface area (Å²) in [5.74, 6) is 0.513. The number of benzene rings is 2. The Kier molecular flexibility index (Phi) is 4.28. The van der Waals surface area contributed by atoms with Gasteiger partial charge in [-0.3, -0.25) is 4.99 Å². The maximum atomic E-state index is 14.4. The number of hydrogen-bond donors (Lipinski definition) is 0. The minimum atomic E-state index is -0.318. The fourth-order valence-electron chi connectivity index (χ4n) is 3.94. The Morgan fingerprint density at radius 1 is 1.10 bits per heavy atom. The monoisotopic (exact) mass is 428 g/mol. The van der Waals surface area contributed by atoms with E-state index in [0.29, 0.717) is 12.3 Å². The minimum Gasteiger partial charge on any atom is -0.492 e.